The first-order valence-corrected chi connectivity index (χ1v) is 5.80. The van der Waals surface area contributed by atoms with Gasteiger partial charge in [0.15, 0.2) is 5.82 Å². The lowest BCUT2D eigenvalue weighted by atomic mass is 10.1. The van der Waals surface area contributed by atoms with Gasteiger partial charge in [-0.1, -0.05) is 6.92 Å². The van der Waals surface area contributed by atoms with Crippen LogP contribution in [0.5, 0.6) is 0 Å². The fourth-order valence-corrected chi connectivity index (χ4v) is 1.67. The molecule has 16 heavy (non-hydrogen) atoms. The summed E-state index contributed by atoms with van der Waals surface area (Å²) in [5.41, 5.74) is 7.76. The van der Waals surface area contributed by atoms with Crippen LogP contribution in [0.4, 0.5) is 0 Å². The molecule has 2 unspecified atom stereocenters. The van der Waals surface area contributed by atoms with Gasteiger partial charge in [0.1, 0.15) is 6.10 Å². The molecule has 0 radical (unpaired) electrons. The summed E-state index contributed by atoms with van der Waals surface area (Å²) in [6.45, 7) is 8.62. The normalized spacial score (nSPS) is 14.8. The highest BCUT2D eigenvalue weighted by atomic mass is 16.5. The van der Waals surface area contributed by atoms with Crippen LogP contribution in [0.2, 0.25) is 0 Å². The minimum Gasteiger partial charge on any atom is -0.371 e. The Morgan fingerprint density at radius 2 is 2.12 bits per heavy atom. The lowest BCUT2D eigenvalue weighted by molar-refractivity contribution is 0.0533. The van der Waals surface area contributed by atoms with Crippen molar-refractivity contribution >= 4 is 0 Å². The summed E-state index contributed by atoms with van der Waals surface area (Å²) in [5.74, 6) is 0.756. The molecule has 1 rings (SSSR count). The van der Waals surface area contributed by atoms with Gasteiger partial charge in [0.05, 0.1) is 0 Å². The SMILES string of the molecule is CCOC(CC)c1ncc(C(C)N)c(C)n1. The van der Waals surface area contributed by atoms with Crippen LogP contribution in [0.25, 0.3) is 0 Å². The van der Waals surface area contributed by atoms with Gasteiger partial charge in [-0.2, -0.15) is 0 Å². The number of aryl methyl sites for hydroxylation is 1. The van der Waals surface area contributed by atoms with E-state index in [1.165, 1.54) is 0 Å². The first-order valence-electron chi connectivity index (χ1n) is 5.80. The van der Waals surface area contributed by atoms with Crippen molar-refractivity contribution in [2.45, 2.75) is 46.3 Å². The molecule has 0 fully saturated rings. The van der Waals surface area contributed by atoms with Crippen molar-refractivity contribution in [3.63, 3.8) is 0 Å². The molecular weight excluding hydrogens is 202 g/mol. The Bertz CT molecular complexity index is 339. The molecule has 0 saturated carbocycles. The van der Waals surface area contributed by atoms with E-state index < -0.39 is 0 Å². The van der Waals surface area contributed by atoms with E-state index in [0.717, 1.165) is 23.5 Å². The smallest absolute Gasteiger partial charge is 0.157 e. The highest BCUT2D eigenvalue weighted by Gasteiger charge is 2.14. The van der Waals surface area contributed by atoms with Gasteiger partial charge in [-0.05, 0) is 27.2 Å². The van der Waals surface area contributed by atoms with E-state index in [0.29, 0.717) is 6.61 Å². The molecule has 4 heteroatoms. The molecule has 0 saturated heterocycles. The van der Waals surface area contributed by atoms with Crippen molar-refractivity contribution in [2.75, 3.05) is 6.61 Å². The molecule has 0 aliphatic rings. The topological polar surface area (TPSA) is 61.0 Å². The number of nitrogens with zero attached hydrogens (tertiary/aromatic N) is 2. The first-order chi connectivity index (χ1) is 7.60. The summed E-state index contributed by atoms with van der Waals surface area (Å²) in [6.07, 6.45) is 2.68. The minimum absolute atomic E-state index is 0.00849. The Labute approximate surface area is 97.2 Å². The summed E-state index contributed by atoms with van der Waals surface area (Å²) in [7, 11) is 0. The lowest BCUT2D eigenvalue weighted by Gasteiger charge is -2.15. The van der Waals surface area contributed by atoms with Crippen molar-refractivity contribution in [1.82, 2.24) is 9.97 Å². The zero-order valence-electron chi connectivity index (χ0n) is 10.5. The number of rotatable bonds is 5. The second-order valence-electron chi connectivity index (χ2n) is 3.91. The zero-order chi connectivity index (χ0) is 12.1. The van der Waals surface area contributed by atoms with Crippen LogP contribution in [0, 0.1) is 6.92 Å². The number of nitrogens with two attached hydrogens (primary N) is 1. The third kappa shape index (κ3) is 3.00. The molecule has 2 atom stereocenters. The van der Waals surface area contributed by atoms with Crippen LogP contribution in [-0.4, -0.2) is 16.6 Å². The fraction of sp³-hybridized carbons (Fsp3) is 0.667. The van der Waals surface area contributed by atoms with E-state index in [-0.39, 0.29) is 12.1 Å². The summed E-state index contributed by atoms with van der Waals surface area (Å²) in [4.78, 5) is 8.80. The summed E-state index contributed by atoms with van der Waals surface area (Å²) < 4.78 is 5.58. The lowest BCUT2D eigenvalue weighted by Crippen LogP contribution is -2.13. The first kappa shape index (κ1) is 13.1. The van der Waals surface area contributed by atoms with Crippen LogP contribution < -0.4 is 5.73 Å². The molecule has 0 aliphatic carbocycles. The maximum Gasteiger partial charge on any atom is 0.157 e. The second kappa shape index (κ2) is 5.92. The number of hydrogen-bond donors (Lipinski definition) is 1. The number of aromatic nitrogens is 2. The highest BCUT2D eigenvalue weighted by molar-refractivity contribution is 5.19. The van der Waals surface area contributed by atoms with Gasteiger partial charge in [-0.25, -0.2) is 9.97 Å². The van der Waals surface area contributed by atoms with E-state index in [1.54, 1.807) is 0 Å². The zero-order valence-corrected chi connectivity index (χ0v) is 10.5. The molecule has 0 bridgehead atoms. The van der Waals surface area contributed by atoms with Crippen molar-refractivity contribution < 1.29 is 4.74 Å². The molecule has 4 nitrogen and oxygen atoms in total. The Morgan fingerprint density at radius 1 is 1.44 bits per heavy atom. The molecule has 0 aliphatic heterocycles. The molecule has 0 amide bonds. The molecule has 0 spiro atoms. The van der Waals surface area contributed by atoms with Gasteiger partial charge in [0.25, 0.3) is 0 Å². The quantitative estimate of drug-likeness (QED) is 0.832. The molecule has 1 aromatic rings. The highest BCUT2D eigenvalue weighted by Crippen LogP contribution is 2.19. The predicted octanol–water partition coefficient (Wildman–Crippen LogP) is 2.29. The Balaban J connectivity index is 2.95. The Hall–Kier alpha value is -1.00. The number of hydrogen-bond acceptors (Lipinski definition) is 4. The molecule has 2 N–H and O–H groups in total. The van der Waals surface area contributed by atoms with Crippen molar-refractivity contribution in [3.8, 4) is 0 Å². The van der Waals surface area contributed by atoms with Crippen LogP contribution >= 0.6 is 0 Å². The van der Waals surface area contributed by atoms with Crippen LogP contribution in [-0.2, 0) is 4.74 Å². The van der Waals surface area contributed by atoms with Crippen molar-refractivity contribution in [1.29, 1.82) is 0 Å². The molecule has 0 aromatic carbocycles. The van der Waals surface area contributed by atoms with Gasteiger partial charge < -0.3 is 10.5 Å². The summed E-state index contributed by atoms with van der Waals surface area (Å²) >= 11 is 0. The fourth-order valence-electron chi connectivity index (χ4n) is 1.67. The maximum absolute atomic E-state index is 5.82. The van der Waals surface area contributed by atoms with E-state index in [9.17, 15) is 0 Å². The monoisotopic (exact) mass is 223 g/mol. The van der Waals surface area contributed by atoms with Gasteiger partial charge in [0.2, 0.25) is 0 Å². The van der Waals surface area contributed by atoms with Gasteiger partial charge >= 0.3 is 0 Å². The second-order valence-corrected chi connectivity index (χ2v) is 3.91. The largest absolute Gasteiger partial charge is 0.371 e. The molecule has 1 heterocycles. The van der Waals surface area contributed by atoms with E-state index >= 15 is 0 Å². The maximum atomic E-state index is 5.82. The summed E-state index contributed by atoms with van der Waals surface area (Å²) in [6, 6.07) is -0.0266. The standard InChI is InChI=1S/C12H21N3O/c1-5-11(16-6-2)12-14-7-10(8(3)13)9(4)15-12/h7-8,11H,5-6,13H2,1-4H3. The third-order valence-corrected chi connectivity index (χ3v) is 2.55. The predicted molar refractivity (Wildman–Crippen MR) is 64.0 cm³/mol. The third-order valence-electron chi connectivity index (χ3n) is 2.55. The van der Waals surface area contributed by atoms with Gasteiger partial charge in [-0.3, -0.25) is 0 Å². The van der Waals surface area contributed by atoms with Crippen molar-refractivity contribution in [2.24, 2.45) is 5.73 Å². The van der Waals surface area contributed by atoms with E-state index in [1.807, 2.05) is 27.0 Å². The van der Waals surface area contributed by atoms with E-state index in [2.05, 4.69) is 16.9 Å². The Morgan fingerprint density at radius 3 is 2.56 bits per heavy atom. The minimum atomic E-state index is -0.0266. The average Bonchev–Trinajstić information content (AvgIpc) is 2.25. The van der Waals surface area contributed by atoms with E-state index in [4.69, 9.17) is 10.5 Å². The van der Waals surface area contributed by atoms with Gasteiger partial charge in [-0.15, -0.1) is 0 Å². The Kier molecular flexibility index (Phi) is 4.83. The van der Waals surface area contributed by atoms with Crippen LogP contribution in [0.1, 0.15) is 56.4 Å². The van der Waals surface area contributed by atoms with Crippen LogP contribution in [0.3, 0.4) is 0 Å². The molecular formula is C12H21N3O. The van der Waals surface area contributed by atoms with Crippen molar-refractivity contribution in [3.05, 3.63) is 23.3 Å². The average molecular weight is 223 g/mol. The number of ether oxygens (including phenoxy) is 1. The molecule has 90 valence electrons. The summed E-state index contributed by atoms with van der Waals surface area (Å²) in [5, 5.41) is 0. The molecule has 1 aromatic heterocycles. The van der Waals surface area contributed by atoms with Crippen LogP contribution in [0.15, 0.2) is 6.20 Å². The van der Waals surface area contributed by atoms with Gasteiger partial charge in [0, 0.05) is 30.1 Å².